The van der Waals surface area contributed by atoms with E-state index in [0.717, 1.165) is 18.4 Å². The molecule has 0 spiro atoms. The third kappa shape index (κ3) is 3.81. The second-order valence-electron chi connectivity index (χ2n) is 5.53. The summed E-state index contributed by atoms with van der Waals surface area (Å²) in [7, 11) is 5.22. The number of ether oxygens (including phenoxy) is 2. The SMILES string of the molecule is COC1(NC(C(=O)N(C)C)c2ccccc2)CCOCC1. The van der Waals surface area contributed by atoms with Gasteiger partial charge in [-0.15, -0.1) is 0 Å². The van der Waals surface area contributed by atoms with Crippen LogP contribution in [0.5, 0.6) is 0 Å². The summed E-state index contributed by atoms with van der Waals surface area (Å²) in [5, 5.41) is 3.42. The van der Waals surface area contributed by atoms with Crippen molar-refractivity contribution in [2.75, 3.05) is 34.4 Å². The van der Waals surface area contributed by atoms with E-state index in [-0.39, 0.29) is 5.91 Å². The van der Waals surface area contributed by atoms with Gasteiger partial charge in [0.05, 0.1) is 13.2 Å². The van der Waals surface area contributed by atoms with E-state index in [1.54, 1.807) is 26.1 Å². The standard InChI is InChI=1S/C16H24N2O3/c1-18(2)15(19)14(13-7-5-4-6-8-13)17-16(20-3)9-11-21-12-10-16/h4-8,14,17H,9-12H2,1-3H3. The lowest BCUT2D eigenvalue weighted by molar-refractivity contribution is -0.142. The number of hydrogen-bond acceptors (Lipinski definition) is 4. The quantitative estimate of drug-likeness (QED) is 0.837. The minimum Gasteiger partial charge on any atom is -0.381 e. The fourth-order valence-corrected chi connectivity index (χ4v) is 2.56. The zero-order valence-electron chi connectivity index (χ0n) is 13.0. The van der Waals surface area contributed by atoms with Gasteiger partial charge in [-0.1, -0.05) is 30.3 Å². The highest BCUT2D eigenvalue weighted by Gasteiger charge is 2.37. The van der Waals surface area contributed by atoms with Crippen LogP contribution in [0.15, 0.2) is 30.3 Å². The van der Waals surface area contributed by atoms with Gasteiger partial charge in [0.1, 0.15) is 11.8 Å². The van der Waals surface area contributed by atoms with Crippen LogP contribution in [0.3, 0.4) is 0 Å². The molecule has 0 bridgehead atoms. The number of likely N-dealkylation sites (N-methyl/N-ethyl adjacent to an activating group) is 1. The van der Waals surface area contributed by atoms with Crippen molar-refractivity contribution in [1.29, 1.82) is 0 Å². The number of nitrogens with one attached hydrogen (secondary N) is 1. The monoisotopic (exact) mass is 292 g/mol. The largest absolute Gasteiger partial charge is 0.381 e. The fraction of sp³-hybridized carbons (Fsp3) is 0.562. The van der Waals surface area contributed by atoms with Gasteiger partial charge in [-0.05, 0) is 5.56 Å². The van der Waals surface area contributed by atoms with E-state index in [9.17, 15) is 4.79 Å². The number of nitrogens with zero attached hydrogens (tertiary/aromatic N) is 1. The lowest BCUT2D eigenvalue weighted by Crippen LogP contribution is -2.55. The second-order valence-corrected chi connectivity index (χ2v) is 5.53. The molecule has 2 rings (SSSR count). The van der Waals surface area contributed by atoms with Crippen molar-refractivity contribution in [3.8, 4) is 0 Å². The summed E-state index contributed by atoms with van der Waals surface area (Å²) in [5.74, 6) is 0.0177. The van der Waals surface area contributed by atoms with Gasteiger partial charge in [-0.2, -0.15) is 0 Å². The van der Waals surface area contributed by atoms with Crippen LogP contribution >= 0.6 is 0 Å². The van der Waals surface area contributed by atoms with E-state index in [1.165, 1.54) is 0 Å². The lowest BCUT2D eigenvalue weighted by atomic mass is 9.98. The Hall–Kier alpha value is -1.43. The molecule has 0 saturated carbocycles. The van der Waals surface area contributed by atoms with Crippen LogP contribution in [0.1, 0.15) is 24.4 Å². The molecule has 5 heteroatoms. The molecule has 1 aliphatic rings. The lowest BCUT2D eigenvalue weighted by Gasteiger charge is -2.39. The Kier molecular flexibility index (Phi) is 5.33. The van der Waals surface area contributed by atoms with Crippen molar-refractivity contribution in [1.82, 2.24) is 10.2 Å². The summed E-state index contributed by atoms with van der Waals surface area (Å²) in [4.78, 5) is 14.2. The molecule has 0 aliphatic carbocycles. The number of benzene rings is 1. The molecule has 1 aromatic rings. The van der Waals surface area contributed by atoms with Crippen LogP contribution in [0.25, 0.3) is 0 Å². The predicted molar refractivity (Wildman–Crippen MR) is 80.8 cm³/mol. The summed E-state index contributed by atoms with van der Waals surface area (Å²) < 4.78 is 11.1. The van der Waals surface area contributed by atoms with Crippen LogP contribution in [-0.2, 0) is 14.3 Å². The molecule has 0 aromatic heterocycles. The van der Waals surface area contributed by atoms with Crippen LogP contribution in [0, 0.1) is 0 Å². The molecule has 21 heavy (non-hydrogen) atoms. The minimum atomic E-state index is -0.509. The molecule has 1 N–H and O–H groups in total. The fourth-order valence-electron chi connectivity index (χ4n) is 2.56. The molecule has 1 unspecified atom stereocenters. The van der Waals surface area contributed by atoms with E-state index in [1.807, 2.05) is 30.3 Å². The Balaban J connectivity index is 2.25. The summed E-state index contributed by atoms with van der Waals surface area (Å²) in [6.45, 7) is 1.27. The Bertz CT molecular complexity index is 456. The Morgan fingerprint density at radius 3 is 2.43 bits per heavy atom. The number of rotatable bonds is 5. The molecule has 1 saturated heterocycles. The first-order valence-electron chi connectivity index (χ1n) is 7.25. The highest BCUT2D eigenvalue weighted by atomic mass is 16.5. The zero-order chi connectivity index (χ0) is 15.3. The van der Waals surface area contributed by atoms with Gasteiger partial charge in [0.25, 0.3) is 0 Å². The van der Waals surface area contributed by atoms with E-state index >= 15 is 0 Å². The molecule has 1 amide bonds. The number of carbonyl (C=O) groups excluding carboxylic acids is 1. The van der Waals surface area contributed by atoms with E-state index in [4.69, 9.17) is 9.47 Å². The van der Waals surface area contributed by atoms with Crippen molar-refractivity contribution >= 4 is 5.91 Å². The van der Waals surface area contributed by atoms with Crippen molar-refractivity contribution in [2.24, 2.45) is 0 Å². The van der Waals surface area contributed by atoms with Gasteiger partial charge in [0.15, 0.2) is 0 Å². The average molecular weight is 292 g/mol. The molecule has 116 valence electrons. The number of hydrogen-bond donors (Lipinski definition) is 1. The third-order valence-corrected chi connectivity index (χ3v) is 3.92. The predicted octanol–water partition coefficient (Wildman–Crippen LogP) is 1.56. The summed E-state index contributed by atoms with van der Waals surface area (Å²) in [5.41, 5.74) is 0.434. The summed E-state index contributed by atoms with van der Waals surface area (Å²) in [6, 6.07) is 9.33. The number of amides is 1. The zero-order valence-corrected chi connectivity index (χ0v) is 13.0. The normalized spacial score (nSPS) is 19.0. The van der Waals surface area contributed by atoms with Crippen molar-refractivity contribution in [2.45, 2.75) is 24.6 Å². The van der Waals surface area contributed by atoms with Gasteiger partial charge in [0.2, 0.25) is 5.91 Å². The first kappa shape index (κ1) is 15.9. The molecular weight excluding hydrogens is 268 g/mol. The maximum atomic E-state index is 12.6. The van der Waals surface area contributed by atoms with E-state index in [0.29, 0.717) is 13.2 Å². The van der Waals surface area contributed by atoms with Crippen molar-refractivity contribution in [3.05, 3.63) is 35.9 Å². The Morgan fingerprint density at radius 2 is 1.90 bits per heavy atom. The Labute approximate surface area is 126 Å². The van der Waals surface area contributed by atoms with Gasteiger partial charge in [-0.25, -0.2) is 0 Å². The van der Waals surface area contributed by atoms with Crippen molar-refractivity contribution < 1.29 is 14.3 Å². The molecule has 1 aliphatic heterocycles. The van der Waals surface area contributed by atoms with E-state index in [2.05, 4.69) is 5.32 Å². The van der Waals surface area contributed by atoms with Gasteiger partial charge in [0, 0.05) is 34.0 Å². The first-order chi connectivity index (χ1) is 10.1. The van der Waals surface area contributed by atoms with Crippen LogP contribution < -0.4 is 5.32 Å². The smallest absolute Gasteiger partial charge is 0.243 e. The highest BCUT2D eigenvalue weighted by molar-refractivity contribution is 5.83. The maximum absolute atomic E-state index is 12.6. The maximum Gasteiger partial charge on any atom is 0.243 e. The van der Waals surface area contributed by atoms with Gasteiger partial charge < -0.3 is 14.4 Å². The molecule has 1 heterocycles. The summed E-state index contributed by atoms with van der Waals surface area (Å²) in [6.07, 6.45) is 1.46. The molecular formula is C16H24N2O3. The topological polar surface area (TPSA) is 50.8 Å². The molecule has 0 radical (unpaired) electrons. The van der Waals surface area contributed by atoms with Gasteiger partial charge >= 0.3 is 0 Å². The minimum absolute atomic E-state index is 0.0177. The highest BCUT2D eigenvalue weighted by Crippen LogP contribution is 2.26. The second kappa shape index (κ2) is 7.02. The number of methoxy groups -OCH3 is 1. The molecule has 1 atom stereocenters. The van der Waals surface area contributed by atoms with Gasteiger partial charge in [-0.3, -0.25) is 10.1 Å². The molecule has 5 nitrogen and oxygen atoms in total. The summed E-state index contributed by atoms with van der Waals surface area (Å²) >= 11 is 0. The van der Waals surface area contributed by atoms with Crippen molar-refractivity contribution in [3.63, 3.8) is 0 Å². The third-order valence-electron chi connectivity index (χ3n) is 3.92. The van der Waals surface area contributed by atoms with E-state index < -0.39 is 11.8 Å². The van der Waals surface area contributed by atoms with Crippen LogP contribution in [0.2, 0.25) is 0 Å². The first-order valence-corrected chi connectivity index (χ1v) is 7.25. The van der Waals surface area contributed by atoms with Crippen LogP contribution in [-0.4, -0.2) is 51.0 Å². The molecule has 1 aromatic carbocycles. The Morgan fingerprint density at radius 1 is 1.29 bits per heavy atom. The van der Waals surface area contributed by atoms with Crippen LogP contribution in [0.4, 0.5) is 0 Å². The average Bonchev–Trinajstić information content (AvgIpc) is 2.53. The molecule has 1 fully saturated rings. The number of carbonyl (C=O) groups is 1.